The monoisotopic (exact) mass is 222 g/mol. The van der Waals surface area contributed by atoms with E-state index in [9.17, 15) is 0 Å². The van der Waals surface area contributed by atoms with Gasteiger partial charge < -0.3 is 4.74 Å². The molecule has 1 heterocycles. The zero-order valence-electron chi connectivity index (χ0n) is 10.6. The highest BCUT2D eigenvalue weighted by Crippen LogP contribution is 2.25. The number of nitrogens with zero attached hydrogens (tertiary/aromatic N) is 2. The van der Waals surface area contributed by atoms with Crippen molar-refractivity contribution < 1.29 is 4.74 Å². The van der Waals surface area contributed by atoms with Gasteiger partial charge in [0.25, 0.3) is 0 Å². The van der Waals surface area contributed by atoms with Gasteiger partial charge in [-0.1, -0.05) is 26.7 Å². The molecule has 0 bridgehead atoms. The largest absolute Gasteiger partial charge is 0.464 e. The summed E-state index contributed by atoms with van der Waals surface area (Å²) >= 11 is 0. The summed E-state index contributed by atoms with van der Waals surface area (Å²) in [6.45, 7) is 7.00. The van der Waals surface area contributed by atoms with Gasteiger partial charge in [0, 0.05) is 12.4 Å². The zero-order chi connectivity index (χ0) is 11.8. The molecule has 3 heteroatoms. The number of aromatic nitrogens is 2. The van der Waals surface area contributed by atoms with Crippen molar-refractivity contribution >= 4 is 0 Å². The Labute approximate surface area is 98.3 Å². The van der Waals surface area contributed by atoms with Gasteiger partial charge in [0.05, 0.1) is 6.61 Å². The van der Waals surface area contributed by atoms with E-state index in [2.05, 4.69) is 23.8 Å². The fourth-order valence-corrected chi connectivity index (χ4v) is 1.92. The molecule has 0 spiro atoms. The van der Waals surface area contributed by atoms with Crippen LogP contribution in [0.25, 0.3) is 0 Å². The highest BCUT2D eigenvalue weighted by molar-refractivity contribution is 5.13. The summed E-state index contributed by atoms with van der Waals surface area (Å²) in [7, 11) is 0. The summed E-state index contributed by atoms with van der Waals surface area (Å²) in [5, 5.41) is 0. The van der Waals surface area contributed by atoms with E-state index in [4.69, 9.17) is 4.74 Å². The van der Waals surface area contributed by atoms with E-state index in [1.165, 1.54) is 31.2 Å². The van der Waals surface area contributed by atoms with Crippen LogP contribution in [0.4, 0.5) is 0 Å². The first-order valence-electron chi connectivity index (χ1n) is 6.26. The van der Waals surface area contributed by atoms with Crippen molar-refractivity contribution in [2.45, 2.75) is 52.4 Å². The van der Waals surface area contributed by atoms with Crippen LogP contribution in [0.3, 0.4) is 0 Å². The second-order valence-corrected chi connectivity index (χ2v) is 4.01. The molecule has 0 fully saturated rings. The first kappa shape index (κ1) is 12.9. The zero-order valence-corrected chi connectivity index (χ0v) is 10.6. The highest BCUT2D eigenvalue weighted by Gasteiger charge is 2.10. The Balaban J connectivity index is 2.68. The van der Waals surface area contributed by atoms with Gasteiger partial charge in [0.15, 0.2) is 0 Å². The van der Waals surface area contributed by atoms with Gasteiger partial charge in [-0.2, -0.15) is 0 Å². The molecular formula is C13H22N2O. The molecule has 0 aromatic carbocycles. The Morgan fingerprint density at radius 2 is 1.62 bits per heavy atom. The normalized spacial score (nSPS) is 10.8. The molecule has 0 aliphatic carbocycles. The Hall–Kier alpha value is -1.12. The summed E-state index contributed by atoms with van der Waals surface area (Å²) in [4.78, 5) is 8.44. The maximum Gasteiger partial charge on any atom is 0.316 e. The molecular weight excluding hydrogens is 200 g/mol. The van der Waals surface area contributed by atoms with Crippen molar-refractivity contribution in [1.29, 1.82) is 0 Å². The topological polar surface area (TPSA) is 35.0 Å². The minimum absolute atomic E-state index is 0.484. The van der Waals surface area contributed by atoms with E-state index in [0.717, 1.165) is 0 Å². The van der Waals surface area contributed by atoms with Gasteiger partial charge in [-0.3, -0.25) is 0 Å². The second kappa shape index (κ2) is 7.20. The van der Waals surface area contributed by atoms with Crippen LogP contribution in [-0.2, 0) is 0 Å². The molecule has 0 amide bonds. The molecule has 0 aliphatic rings. The molecule has 1 rings (SSSR count). The molecule has 0 N–H and O–H groups in total. The van der Waals surface area contributed by atoms with E-state index in [-0.39, 0.29) is 0 Å². The van der Waals surface area contributed by atoms with Gasteiger partial charge >= 0.3 is 6.01 Å². The summed E-state index contributed by atoms with van der Waals surface area (Å²) in [5.41, 5.74) is 1.24. The summed E-state index contributed by atoms with van der Waals surface area (Å²) in [5.74, 6) is 0.602. The SMILES string of the molecule is CCCC(CCC)c1cnc(OCC)nc1. The van der Waals surface area contributed by atoms with Crippen LogP contribution in [0.5, 0.6) is 6.01 Å². The molecule has 1 aromatic rings. The molecule has 0 saturated heterocycles. The third-order valence-electron chi connectivity index (χ3n) is 2.67. The average Bonchev–Trinajstić information content (AvgIpc) is 2.30. The van der Waals surface area contributed by atoms with Gasteiger partial charge in [0.1, 0.15) is 0 Å². The Kier molecular flexibility index (Phi) is 5.83. The summed E-state index contributed by atoms with van der Waals surface area (Å²) < 4.78 is 5.24. The van der Waals surface area contributed by atoms with Crippen LogP contribution in [0, 0.1) is 0 Å². The van der Waals surface area contributed by atoms with E-state index in [1.807, 2.05) is 19.3 Å². The van der Waals surface area contributed by atoms with Crippen LogP contribution < -0.4 is 4.74 Å². The minimum atomic E-state index is 0.484. The van der Waals surface area contributed by atoms with Crippen LogP contribution in [0.2, 0.25) is 0 Å². The number of rotatable bonds is 7. The number of hydrogen-bond donors (Lipinski definition) is 0. The van der Waals surface area contributed by atoms with E-state index in [0.29, 0.717) is 18.5 Å². The Bertz CT molecular complexity index is 278. The van der Waals surface area contributed by atoms with Crippen molar-refractivity contribution in [1.82, 2.24) is 9.97 Å². The van der Waals surface area contributed by atoms with Crippen LogP contribution in [0.1, 0.15) is 57.9 Å². The van der Waals surface area contributed by atoms with Crippen LogP contribution >= 0.6 is 0 Å². The fourth-order valence-electron chi connectivity index (χ4n) is 1.92. The van der Waals surface area contributed by atoms with Gasteiger partial charge in [-0.15, -0.1) is 0 Å². The van der Waals surface area contributed by atoms with Crippen molar-refractivity contribution in [2.75, 3.05) is 6.61 Å². The molecule has 0 aliphatic heterocycles. The van der Waals surface area contributed by atoms with E-state index < -0.39 is 0 Å². The molecule has 3 nitrogen and oxygen atoms in total. The predicted octanol–water partition coefficient (Wildman–Crippen LogP) is 3.56. The molecule has 0 saturated carbocycles. The van der Waals surface area contributed by atoms with E-state index >= 15 is 0 Å². The minimum Gasteiger partial charge on any atom is -0.464 e. The standard InChI is InChI=1S/C13H22N2O/c1-4-7-11(8-5-2)12-9-14-13(15-10-12)16-6-3/h9-11H,4-8H2,1-3H3. The summed E-state index contributed by atoms with van der Waals surface area (Å²) in [6.07, 6.45) is 8.66. The Morgan fingerprint density at radius 1 is 1.06 bits per heavy atom. The highest BCUT2D eigenvalue weighted by atomic mass is 16.5. The molecule has 0 unspecified atom stereocenters. The lowest BCUT2D eigenvalue weighted by Crippen LogP contribution is -2.02. The third-order valence-corrected chi connectivity index (χ3v) is 2.67. The Morgan fingerprint density at radius 3 is 2.06 bits per heavy atom. The average molecular weight is 222 g/mol. The summed E-state index contributed by atoms with van der Waals surface area (Å²) in [6, 6.07) is 0.484. The van der Waals surface area contributed by atoms with Crippen molar-refractivity contribution in [3.63, 3.8) is 0 Å². The quantitative estimate of drug-likeness (QED) is 0.707. The first-order chi connectivity index (χ1) is 7.81. The van der Waals surface area contributed by atoms with Crippen LogP contribution in [0.15, 0.2) is 12.4 Å². The van der Waals surface area contributed by atoms with Crippen molar-refractivity contribution in [3.05, 3.63) is 18.0 Å². The lowest BCUT2D eigenvalue weighted by Gasteiger charge is -2.14. The van der Waals surface area contributed by atoms with Crippen molar-refractivity contribution in [2.24, 2.45) is 0 Å². The van der Waals surface area contributed by atoms with Gasteiger partial charge in [0.2, 0.25) is 0 Å². The lowest BCUT2D eigenvalue weighted by atomic mass is 9.92. The molecule has 0 radical (unpaired) electrons. The molecule has 90 valence electrons. The van der Waals surface area contributed by atoms with Gasteiger partial charge in [-0.25, -0.2) is 9.97 Å². The molecule has 0 atom stereocenters. The van der Waals surface area contributed by atoms with Crippen LogP contribution in [-0.4, -0.2) is 16.6 Å². The predicted molar refractivity (Wildman–Crippen MR) is 65.8 cm³/mol. The van der Waals surface area contributed by atoms with E-state index in [1.54, 1.807) is 0 Å². The first-order valence-corrected chi connectivity index (χ1v) is 6.26. The second-order valence-electron chi connectivity index (χ2n) is 4.01. The number of hydrogen-bond acceptors (Lipinski definition) is 3. The smallest absolute Gasteiger partial charge is 0.316 e. The fraction of sp³-hybridized carbons (Fsp3) is 0.692. The third kappa shape index (κ3) is 3.80. The lowest BCUT2D eigenvalue weighted by molar-refractivity contribution is 0.311. The van der Waals surface area contributed by atoms with Gasteiger partial charge in [-0.05, 0) is 31.2 Å². The van der Waals surface area contributed by atoms with Crippen molar-refractivity contribution in [3.8, 4) is 6.01 Å². The maximum absolute atomic E-state index is 5.24. The molecule has 1 aromatic heterocycles. The molecule has 16 heavy (non-hydrogen) atoms. The number of ether oxygens (including phenoxy) is 1. The maximum atomic E-state index is 5.24.